The molecule has 98 valence electrons. The number of aryl methyl sites for hydroxylation is 3. The van der Waals surface area contributed by atoms with Gasteiger partial charge < -0.3 is 5.73 Å². The van der Waals surface area contributed by atoms with Crippen molar-refractivity contribution >= 4 is 11.3 Å². The highest BCUT2D eigenvalue weighted by atomic mass is 32.1. The van der Waals surface area contributed by atoms with E-state index in [4.69, 9.17) is 5.73 Å². The van der Waals surface area contributed by atoms with Crippen molar-refractivity contribution in [2.45, 2.75) is 46.2 Å². The quantitative estimate of drug-likeness (QED) is 0.903. The normalized spacial score (nSPS) is 12.9. The van der Waals surface area contributed by atoms with Gasteiger partial charge >= 0.3 is 0 Å². The molecular weight excluding hydrogens is 244 g/mol. The van der Waals surface area contributed by atoms with Gasteiger partial charge in [-0.15, -0.1) is 11.3 Å². The highest BCUT2D eigenvalue weighted by molar-refractivity contribution is 7.12. The van der Waals surface area contributed by atoms with Crippen LogP contribution in [0.2, 0.25) is 0 Å². The van der Waals surface area contributed by atoms with E-state index in [-0.39, 0.29) is 6.04 Å². The molecule has 0 aliphatic rings. The molecule has 0 aliphatic heterocycles. The van der Waals surface area contributed by atoms with Crippen molar-refractivity contribution in [2.24, 2.45) is 5.73 Å². The third-order valence-electron chi connectivity index (χ3n) is 3.08. The topological polar surface area (TPSA) is 56.7 Å². The molecule has 0 amide bonds. The third-order valence-corrected chi connectivity index (χ3v) is 4.37. The second kappa shape index (κ2) is 5.63. The summed E-state index contributed by atoms with van der Waals surface area (Å²) in [7, 11) is 0. The number of nitrogens with zero attached hydrogens (tertiary/aromatic N) is 3. The minimum absolute atomic E-state index is 0.0159. The maximum atomic E-state index is 6.26. The summed E-state index contributed by atoms with van der Waals surface area (Å²) in [5.74, 6) is 0.980. The zero-order chi connectivity index (χ0) is 13.1. The van der Waals surface area contributed by atoms with Crippen molar-refractivity contribution in [2.75, 3.05) is 0 Å². The largest absolute Gasteiger partial charge is 0.323 e. The SMILES string of the molecule is CCCn1ncnc1CC(N)c1cc(C)c(C)s1. The summed E-state index contributed by atoms with van der Waals surface area (Å²) in [4.78, 5) is 6.88. The average Bonchev–Trinajstić information content (AvgIpc) is 2.88. The van der Waals surface area contributed by atoms with Crippen LogP contribution in [0.5, 0.6) is 0 Å². The number of thiophene rings is 1. The molecule has 2 heterocycles. The summed E-state index contributed by atoms with van der Waals surface area (Å²) in [6.45, 7) is 7.30. The summed E-state index contributed by atoms with van der Waals surface area (Å²) < 4.78 is 1.95. The van der Waals surface area contributed by atoms with Gasteiger partial charge in [0, 0.05) is 28.8 Å². The van der Waals surface area contributed by atoms with Gasteiger partial charge in [0.1, 0.15) is 12.2 Å². The Morgan fingerprint density at radius 3 is 2.83 bits per heavy atom. The Morgan fingerprint density at radius 1 is 1.44 bits per heavy atom. The van der Waals surface area contributed by atoms with E-state index in [2.05, 4.69) is 36.9 Å². The Labute approximate surface area is 112 Å². The summed E-state index contributed by atoms with van der Waals surface area (Å²) >= 11 is 1.78. The molecule has 2 aromatic rings. The van der Waals surface area contributed by atoms with E-state index in [0.717, 1.165) is 25.2 Å². The lowest BCUT2D eigenvalue weighted by Gasteiger charge is -2.10. The highest BCUT2D eigenvalue weighted by Gasteiger charge is 2.14. The molecule has 18 heavy (non-hydrogen) atoms. The third kappa shape index (κ3) is 2.79. The van der Waals surface area contributed by atoms with Gasteiger partial charge in [0.05, 0.1) is 0 Å². The maximum Gasteiger partial charge on any atom is 0.138 e. The second-order valence-corrected chi connectivity index (χ2v) is 5.89. The lowest BCUT2D eigenvalue weighted by molar-refractivity contribution is 0.550. The lowest BCUT2D eigenvalue weighted by atomic mass is 10.1. The molecule has 0 bridgehead atoms. The van der Waals surface area contributed by atoms with Gasteiger partial charge in [-0.2, -0.15) is 5.10 Å². The predicted molar refractivity (Wildman–Crippen MR) is 74.7 cm³/mol. The Hall–Kier alpha value is -1.20. The Balaban J connectivity index is 2.10. The molecule has 5 heteroatoms. The zero-order valence-electron chi connectivity index (χ0n) is 11.2. The first kappa shape index (κ1) is 13.2. The van der Waals surface area contributed by atoms with Crippen LogP contribution in [0.3, 0.4) is 0 Å². The molecule has 0 aliphatic carbocycles. The molecule has 0 saturated heterocycles. The number of rotatable bonds is 5. The fourth-order valence-electron chi connectivity index (χ4n) is 1.93. The van der Waals surface area contributed by atoms with Gasteiger partial charge in [-0.25, -0.2) is 4.98 Å². The van der Waals surface area contributed by atoms with Crippen molar-refractivity contribution in [3.05, 3.63) is 33.5 Å². The van der Waals surface area contributed by atoms with Crippen LogP contribution >= 0.6 is 11.3 Å². The van der Waals surface area contributed by atoms with Crippen molar-refractivity contribution in [3.63, 3.8) is 0 Å². The van der Waals surface area contributed by atoms with E-state index in [9.17, 15) is 0 Å². The molecule has 4 nitrogen and oxygen atoms in total. The summed E-state index contributed by atoms with van der Waals surface area (Å²) in [5, 5.41) is 4.23. The van der Waals surface area contributed by atoms with Crippen LogP contribution in [-0.2, 0) is 13.0 Å². The van der Waals surface area contributed by atoms with E-state index in [1.165, 1.54) is 15.3 Å². The van der Waals surface area contributed by atoms with Crippen LogP contribution in [0.15, 0.2) is 12.4 Å². The van der Waals surface area contributed by atoms with E-state index < -0.39 is 0 Å². The van der Waals surface area contributed by atoms with Gasteiger partial charge in [0.2, 0.25) is 0 Å². The van der Waals surface area contributed by atoms with E-state index in [1.54, 1.807) is 17.7 Å². The predicted octanol–water partition coefficient (Wildman–Crippen LogP) is 2.61. The molecule has 1 atom stereocenters. The van der Waals surface area contributed by atoms with Crippen molar-refractivity contribution in [1.82, 2.24) is 14.8 Å². The first-order chi connectivity index (χ1) is 8.61. The molecule has 0 saturated carbocycles. The molecule has 2 aromatic heterocycles. The molecule has 0 radical (unpaired) electrons. The van der Waals surface area contributed by atoms with Crippen LogP contribution in [0, 0.1) is 13.8 Å². The smallest absolute Gasteiger partial charge is 0.138 e. The Morgan fingerprint density at radius 2 is 2.22 bits per heavy atom. The number of nitrogens with two attached hydrogens (primary N) is 1. The molecule has 2 rings (SSSR count). The summed E-state index contributed by atoms with van der Waals surface area (Å²) in [6, 6.07) is 2.20. The molecule has 0 aromatic carbocycles. The average molecular weight is 264 g/mol. The Kier molecular flexibility index (Phi) is 4.14. The summed E-state index contributed by atoms with van der Waals surface area (Å²) in [5.41, 5.74) is 7.58. The highest BCUT2D eigenvalue weighted by Crippen LogP contribution is 2.26. The van der Waals surface area contributed by atoms with Crippen LogP contribution in [0.4, 0.5) is 0 Å². The first-order valence-electron chi connectivity index (χ1n) is 6.31. The van der Waals surface area contributed by atoms with Gasteiger partial charge in [0.25, 0.3) is 0 Å². The molecule has 2 N–H and O–H groups in total. The number of hydrogen-bond donors (Lipinski definition) is 1. The fourth-order valence-corrected chi connectivity index (χ4v) is 2.97. The monoisotopic (exact) mass is 264 g/mol. The van der Waals surface area contributed by atoms with Gasteiger partial charge in [0.15, 0.2) is 0 Å². The minimum Gasteiger partial charge on any atom is -0.323 e. The van der Waals surface area contributed by atoms with Crippen LogP contribution in [-0.4, -0.2) is 14.8 Å². The minimum atomic E-state index is 0.0159. The molecular formula is C13H20N4S. The number of hydrogen-bond acceptors (Lipinski definition) is 4. The number of aromatic nitrogens is 3. The van der Waals surface area contributed by atoms with Crippen LogP contribution in [0.25, 0.3) is 0 Å². The van der Waals surface area contributed by atoms with E-state index >= 15 is 0 Å². The Bertz CT molecular complexity index is 495. The zero-order valence-corrected chi connectivity index (χ0v) is 12.0. The van der Waals surface area contributed by atoms with E-state index in [1.807, 2.05) is 4.68 Å². The van der Waals surface area contributed by atoms with Crippen LogP contribution in [0.1, 0.15) is 40.5 Å². The fraction of sp³-hybridized carbons (Fsp3) is 0.538. The lowest BCUT2D eigenvalue weighted by Crippen LogP contribution is -2.16. The summed E-state index contributed by atoms with van der Waals surface area (Å²) in [6.07, 6.45) is 3.42. The molecule has 0 fully saturated rings. The van der Waals surface area contributed by atoms with Crippen molar-refractivity contribution < 1.29 is 0 Å². The molecule has 1 unspecified atom stereocenters. The van der Waals surface area contributed by atoms with Gasteiger partial charge in [-0.1, -0.05) is 6.92 Å². The maximum absolute atomic E-state index is 6.26. The first-order valence-corrected chi connectivity index (χ1v) is 7.12. The van der Waals surface area contributed by atoms with Crippen LogP contribution < -0.4 is 5.73 Å². The standard InChI is InChI=1S/C13H20N4S/c1-4-5-17-13(15-8-16-17)7-11(14)12-6-9(2)10(3)18-12/h6,8,11H,4-5,7,14H2,1-3H3. The van der Waals surface area contributed by atoms with Gasteiger partial charge in [-0.3, -0.25) is 4.68 Å². The molecule has 0 spiro atoms. The van der Waals surface area contributed by atoms with Crippen molar-refractivity contribution in [1.29, 1.82) is 0 Å². The second-order valence-electron chi connectivity index (χ2n) is 4.60. The van der Waals surface area contributed by atoms with Gasteiger partial charge in [-0.05, 0) is 31.9 Å². The van der Waals surface area contributed by atoms with E-state index in [0.29, 0.717) is 0 Å². The van der Waals surface area contributed by atoms with Crippen molar-refractivity contribution in [3.8, 4) is 0 Å².